The van der Waals surface area contributed by atoms with Crippen LogP contribution in [0, 0.1) is 0 Å². The van der Waals surface area contributed by atoms with Crippen LogP contribution in [0.15, 0.2) is 61.2 Å². The molecule has 8 nitrogen and oxygen atoms in total. The molecule has 2 amide bonds. The van der Waals surface area contributed by atoms with Gasteiger partial charge in [0.15, 0.2) is 11.5 Å². The number of ether oxygens (including phenoxy) is 2. The number of imide groups is 1. The summed E-state index contributed by atoms with van der Waals surface area (Å²) in [7, 11) is 0. The second kappa shape index (κ2) is 14.3. The van der Waals surface area contributed by atoms with E-state index in [1.807, 2.05) is 57.2 Å². The molecule has 0 bridgehead atoms. The van der Waals surface area contributed by atoms with Crippen LogP contribution >= 0.6 is 0 Å². The molecule has 1 heterocycles. The number of rotatable bonds is 11. The second-order valence-electron chi connectivity index (χ2n) is 9.01. The summed E-state index contributed by atoms with van der Waals surface area (Å²) in [6.45, 7) is 10.8. The van der Waals surface area contributed by atoms with Crippen molar-refractivity contribution < 1.29 is 24.2 Å². The fourth-order valence-electron chi connectivity index (χ4n) is 3.82. The molecule has 0 spiro atoms. The van der Waals surface area contributed by atoms with E-state index >= 15 is 0 Å². The molecule has 0 radical (unpaired) electrons. The molecular weight excluding hydrogens is 458 g/mol. The van der Waals surface area contributed by atoms with E-state index in [1.165, 1.54) is 0 Å². The van der Waals surface area contributed by atoms with Gasteiger partial charge in [0.25, 0.3) is 0 Å². The van der Waals surface area contributed by atoms with Gasteiger partial charge in [-0.3, -0.25) is 14.9 Å². The largest absolute Gasteiger partial charge is 0.487 e. The lowest BCUT2D eigenvalue weighted by molar-refractivity contribution is -0.138. The van der Waals surface area contributed by atoms with Gasteiger partial charge >= 0.3 is 0 Å². The highest BCUT2D eigenvalue weighted by Crippen LogP contribution is 2.36. The summed E-state index contributed by atoms with van der Waals surface area (Å²) >= 11 is 0. The molecule has 1 saturated heterocycles. The first-order valence-corrected chi connectivity index (χ1v) is 12.3. The zero-order chi connectivity index (χ0) is 26.6. The lowest BCUT2D eigenvalue weighted by Gasteiger charge is -2.34. The smallest absolute Gasteiger partial charge is 0.237 e. The summed E-state index contributed by atoms with van der Waals surface area (Å²) in [6, 6.07) is 15.1. The van der Waals surface area contributed by atoms with Crippen LogP contribution in [0.25, 0.3) is 0 Å². The Morgan fingerprint density at radius 1 is 1.14 bits per heavy atom. The number of anilines is 1. The van der Waals surface area contributed by atoms with Crippen molar-refractivity contribution in [3.8, 4) is 11.5 Å². The molecule has 5 N–H and O–H groups in total. The number of nitrogen functional groups attached to an aromatic ring is 1. The quantitative estimate of drug-likeness (QED) is 0.213. The van der Waals surface area contributed by atoms with Gasteiger partial charge in [0.05, 0.1) is 5.41 Å². The van der Waals surface area contributed by atoms with E-state index in [1.54, 1.807) is 18.2 Å². The van der Waals surface area contributed by atoms with Gasteiger partial charge in [-0.15, -0.1) is 0 Å². The molecule has 0 saturated carbocycles. The van der Waals surface area contributed by atoms with E-state index in [-0.39, 0.29) is 18.4 Å². The van der Waals surface area contributed by atoms with Crippen LogP contribution in [-0.2, 0) is 15.0 Å². The Morgan fingerprint density at radius 3 is 2.33 bits per heavy atom. The number of hydrogen-bond donors (Lipinski definition) is 4. The number of para-hydroxylation sites is 2. The molecule has 1 aliphatic rings. The van der Waals surface area contributed by atoms with Gasteiger partial charge in [-0.25, -0.2) is 0 Å². The maximum Gasteiger partial charge on any atom is 0.237 e. The van der Waals surface area contributed by atoms with Crippen LogP contribution in [-0.4, -0.2) is 48.8 Å². The third-order valence-electron chi connectivity index (χ3n) is 5.93. The third-order valence-corrected chi connectivity index (χ3v) is 5.93. The lowest BCUT2D eigenvalue weighted by Crippen LogP contribution is -2.51. The van der Waals surface area contributed by atoms with Crippen LogP contribution in [0.5, 0.6) is 11.5 Å². The van der Waals surface area contributed by atoms with Gasteiger partial charge in [-0.1, -0.05) is 57.7 Å². The minimum Gasteiger partial charge on any atom is -0.487 e. The van der Waals surface area contributed by atoms with Crippen molar-refractivity contribution >= 4 is 17.5 Å². The Bertz CT molecular complexity index is 993. The molecule has 0 aromatic heterocycles. The molecule has 2 atom stereocenters. The number of amides is 2. The molecule has 1 fully saturated rings. The first-order chi connectivity index (χ1) is 17.2. The van der Waals surface area contributed by atoms with Crippen LogP contribution in [0.4, 0.5) is 5.69 Å². The highest BCUT2D eigenvalue weighted by atomic mass is 16.5. The first kappa shape index (κ1) is 28.9. The first-order valence-electron chi connectivity index (χ1n) is 12.3. The van der Waals surface area contributed by atoms with Gasteiger partial charge in [0.1, 0.15) is 19.3 Å². The zero-order valence-electron chi connectivity index (χ0n) is 21.5. The molecule has 2 aromatic rings. The molecule has 1 aliphatic heterocycles. The number of nitrogens with two attached hydrogens (primary N) is 1. The van der Waals surface area contributed by atoms with E-state index in [4.69, 9.17) is 15.2 Å². The summed E-state index contributed by atoms with van der Waals surface area (Å²) in [6.07, 6.45) is 2.77. The highest BCUT2D eigenvalue weighted by molar-refractivity contribution is 6.03. The van der Waals surface area contributed by atoms with Gasteiger partial charge in [0.2, 0.25) is 11.8 Å². The zero-order valence-corrected chi connectivity index (χ0v) is 21.5. The van der Waals surface area contributed by atoms with Gasteiger partial charge in [-0.2, -0.15) is 0 Å². The maximum absolute atomic E-state index is 12.1. The number of hydrogen-bond acceptors (Lipinski definition) is 7. The minimum atomic E-state index is -0.582. The van der Waals surface area contributed by atoms with Crippen molar-refractivity contribution in [3.63, 3.8) is 0 Å². The highest BCUT2D eigenvalue weighted by Gasteiger charge is 2.42. The Kier molecular flexibility index (Phi) is 11.4. The Hall–Kier alpha value is -3.36. The van der Waals surface area contributed by atoms with Gasteiger partial charge < -0.3 is 25.6 Å². The number of carbonyl (C=O) groups is 2. The standard InChI is InChI=1S/C15H23NO3.C13H16N2O2/c1-4-9-18-14-7-5-6-8-15(14)19-11-13(17)10-16-12(2)3;1-2-13(8-7-11(16)15-12(13)17)9-3-5-10(14)6-4-9/h4-8,12-13,16-17H,1,9-11H2,2-3H3;3-6H,2,7-8,14H2,1H3,(H,15,16,17). The summed E-state index contributed by atoms with van der Waals surface area (Å²) in [5, 5.41) is 15.4. The summed E-state index contributed by atoms with van der Waals surface area (Å²) in [4.78, 5) is 23.3. The molecule has 0 aliphatic carbocycles. The summed E-state index contributed by atoms with van der Waals surface area (Å²) in [5.41, 5.74) is 6.66. The Balaban J connectivity index is 0.000000255. The number of aliphatic hydroxyl groups is 1. The van der Waals surface area contributed by atoms with Crippen LogP contribution in [0.2, 0.25) is 0 Å². The monoisotopic (exact) mass is 497 g/mol. The fraction of sp³-hybridized carbons (Fsp3) is 0.429. The van der Waals surface area contributed by atoms with Crippen molar-refractivity contribution in [1.29, 1.82) is 0 Å². The number of benzene rings is 2. The molecule has 2 unspecified atom stereocenters. The molecule has 196 valence electrons. The predicted octanol–water partition coefficient (Wildman–Crippen LogP) is 3.34. The summed E-state index contributed by atoms with van der Waals surface area (Å²) in [5.74, 6) is 0.912. The maximum atomic E-state index is 12.1. The second-order valence-corrected chi connectivity index (χ2v) is 9.01. The molecular formula is C28H39N3O5. The van der Waals surface area contributed by atoms with Gasteiger partial charge in [0, 0.05) is 24.7 Å². The Labute approximate surface area is 213 Å². The van der Waals surface area contributed by atoms with Crippen molar-refractivity contribution in [2.24, 2.45) is 0 Å². The lowest BCUT2D eigenvalue weighted by atomic mass is 9.72. The number of carbonyl (C=O) groups excluding carboxylic acids is 2. The van der Waals surface area contributed by atoms with E-state index in [0.29, 0.717) is 55.6 Å². The van der Waals surface area contributed by atoms with E-state index in [9.17, 15) is 14.7 Å². The van der Waals surface area contributed by atoms with Gasteiger partial charge in [-0.05, 0) is 42.7 Å². The number of aliphatic hydroxyl groups excluding tert-OH is 1. The molecule has 3 rings (SSSR count). The SMILES string of the molecule is C=CCOc1ccccc1OCC(O)CNC(C)C.CCC1(c2ccc(N)cc2)CCC(=O)NC1=O. The van der Waals surface area contributed by atoms with E-state index in [0.717, 1.165) is 5.56 Å². The third kappa shape index (κ3) is 8.39. The average Bonchev–Trinajstić information content (AvgIpc) is 2.87. The van der Waals surface area contributed by atoms with Crippen LogP contribution < -0.4 is 25.8 Å². The topological polar surface area (TPSA) is 123 Å². The minimum absolute atomic E-state index is 0.186. The van der Waals surface area contributed by atoms with Crippen LogP contribution in [0.1, 0.15) is 45.6 Å². The van der Waals surface area contributed by atoms with Crippen molar-refractivity contribution in [1.82, 2.24) is 10.6 Å². The van der Waals surface area contributed by atoms with Crippen molar-refractivity contribution in [2.75, 3.05) is 25.5 Å². The summed E-state index contributed by atoms with van der Waals surface area (Å²) < 4.78 is 11.1. The Morgan fingerprint density at radius 2 is 1.78 bits per heavy atom. The number of piperidine rings is 1. The van der Waals surface area contributed by atoms with Crippen LogP contribution in [0.3, 0.4) is 0 Å². The average molecular weight is 498 g/mol. The normalized spacial score (nSPS) is 18.0. The van der Waals surface area contributed by atoms with Crippen molar-refractivity contribution in [2.45, 2.75) is 57.6 Å². The predicted molar refractivity (Wildman–Crippen MR) is 142 cm³/mol. The van der Waals surface area contributed by atoms with E-state index < -0.39 is 11.5 Å². The molecule has 8 heteroatoms. The van der Waals surface area contributed by atoms with Crippen molar-refractivity contribution in [3.05, 3.63) is 66.7 Å². The number of nitrogens with one attached hydrogen (secondary N) is 2. The van der Waals surface area contributed by atoms with E-state index in [2.05, 4.69) is 17.2 Å². The molecule has 36 heavy (non-hydrogen) atoms. The molecule has 2 aromatic carbocycles. The fourth-order valence-corrected chi connectivity index (χ4v) is 3.82.